The van der Waals surface area contributed by atoms with Crippen molar-refractivity contribution in [3.05, 3.63) is 83.6 Å². The van der Waals surface area contributed by atoms with E-state index in [1.54, 1.807) is 9.80 Å². The maximum Gasteiger partial charge on any atom is 0.266 e. The molecular formula is C23H24N4O2. The van der Waals surface area contributed by atoms with Gasteiger partial charge in [0.15, 0.2) is 0 Å². The minimum atomic E-state index is -0.317. The number of amides is 2. The summed E-state index contributed by atoms with van der Waals surface area (Å²) in [5.74, 6) is -0.313. The lowest BCUT2D eigenvalue weighted by molar-refractivity contribution is -0.136. The average Bonchev–Trinajstić information content (AvgIpc) is 2.77. The van der Waals surface area contributed by atoms with Crippen molar-refractivity contribution in [2.75, 3.05) is 26.2 Å². The lowest BCUT2D eigenvalue weighted by Crippen LogP contribution is -2.50. The van der Waals surface area contributed by atoms with Crippen LogP contribution in [0.2, 0.25) is 0 Å². The Balaban J connectivity index is 1.76. The molecule has 1 N–H and O–H groups in total. The van der Waals surface area contributed by atoms with E-state index in [-0.39, 0.29) is 23.4 Å². The number of carbonyl (C=O) groups excluding carboxylic acids is 2. The van der Waals surface area contributed by atoms with Crippen LogP contribution in [0.1, 0.15) is 24.1 Å². The highest BCUT2D eigenvalue weighted by atomic mass is 16.2. The largest absolute Gasteiger partial charge is 0.379 e. The molecule has 1 saturated heterocycles. The second-order valence-electron chi connectivity index (χ2n) is 6.89. The van der Waals surface area contributed by atoms with E-state index in [9.17, 15) is 14.9 Å². The molecule has 6 heteroatoms. The molecule has 0 bridgehead atoms. The van der Waals surface area contributed by atoms with Crippen LogP contribution in [0.4, 0.5) is 0 Å². The number of nitrogens with zero attached hydrogens (tertiary/aromatic N) is 3. The Morgan fingerprint density at radius 1 is 0.931 bits per heavy atom. The van der Waals surface area contributed by atoms with E-state index in [2.05, 4.69) is 5.32 Å². The van der Waals surface area contributed by atoms with E-state index in [0.717, 1.165) is 11.1 Å². The van der Waals surface area contributed by atoms with Crippen molar-refractivity contribution in [1.29, 1.82) is 5.26 Å². The van der Waals surface area contributed by atoms with Gasteiger partial charge in [-0.3, -0.25) is 9.59 Å². The van der Waals surface area contributed by atoms with Crippen LogP contribution in [0.5, 0.6) is 0 Å². The molecule has 2 amide bonds. The van der Waals surface area contributed by atoms with Gasteiger partial charge in [0.05, 0.1) is 6.04 Å². The predicted octanol–water partition coefficient (Wildman–Crippen LogP) is 2.46. The van der Waals surface area contributed by atoms with Crippen LogP contribution in [0.15, 0.2) is 72.4 Å². The Hall–Kier alpha value is -3.59. The maximum atomic E-state index is 12.8. The van der Waals surface area contributed by atoms with Gasteiger partial charge in [-0.15, -0.1) is 0 Å². The van der Waals surface area contributed by atoms with Gasteiger partial charge in [0.2, 0.25) is 5.91 Å². The lowest BCUT2D eigenvalue weighted by Gasteiger charge is -2.34. The van der Waals surface area contributed by atoms with Crippen molar-refractivity contribution in [1.82, 2.24) is 15.1 Å². The minimum absolute atomic E-state index is 0.00313. The predicted molar refractivity (Wildman–Crippen MR) is 110 cm³/mol. The quantitative estimate of drug-likeness (QED) is 0.631. The van der Waals surface area contributed by atoms with Gasteiger partial charge in [0.1, 0.15) is 11.6 Å². The van der Waals surface area contributed by atoms with Gasteiger partial charge in [-0.2, -0.15) is 5.26 Å². The van der Waals surface area contributed by atoms with E-state index >= 15 is 0 Å². The molecule has 0 spiro atoms. The molecule has 1 aliphatic rings. The highest BCUT2D eigenvalue weighted by Crippen LogP contribution is 2.22. The number of carbonyl (C=O) groups is 2. The Morgan fingerprint density at radius 2 is 1.41 bits per heavy atom. The smallest absolute Gasteiger partial charge is 0.266 e. The van der Waals surface area contributed by atoms with Crippen LogP contribution in [0, 0.1) is 11.3 Å². The van der Waals surface area contributed by atoms with Gasteiger partial charge in [0, 0.05) is 39.3 Å². The van der Waals surface area contributed by atoms with Gasteiger partial charge in [-0.1, -0.05) is 60.7 Å². The summed E-state index contributed by atoms with van der Waals surface area (Å²) in [5.41, 5.74) is 2.13. The van der Waals surface area contributed by atoms with Gasteiger partial charge in [0.25, 0.3) is 5.91 Å². The van der Waals surface area contributed by atoms with Gasteiger partial charge < -0.3 is 15.1 Å². The molecule has 0 unspecified atom stereocenters. The fraction of sp³-hybridized carbons (Fsp3) is 0.261. The third kappa shape index (κ3) is 5.02. The van der Waals surface area contributed by atoms with Crippen molar-refractivity contribution in [2.24, 2.45) is 0 Å². The summed E-state index contributed by atoms with van der Waals surface area (Å²) in [6.45, 7) is 3.36. The van der Waals surface area contributed by atoms with Crippen LogP contribution in [0.25, 0.3) is 0 Å². The Kier molecular flexibility index (Phi) is 6.64. The van der Waals surface area contributed by atoms with E-state index in [1.807, 2.05) is 66.7 Å². The van der Waals surface area contributed by atoms with E-state index < -0.39 is 0 Å². The second kappa shape index (κ2) is 9.56. The molecule has 1 heterocycles. The maximum absolute atomic E-state index is 12.8. The first-order valence-corrected chi connectivity index (χ1v) is 9.61. The first kappa shape index (κ1) is 20.2. The monoisotopic (exact) mass is 388 g/mol. The standard InChI is InChI=1S/C23H24N4O2/c1-18(28)26-12-14-27(15-13-26)23(29)21(16-24)17-25-22(19-8-4-2-5-9-19)20-10-6-3-7-11-20/h2-11,17,22,25H,12-15H2,1H3/b21-17-. The summed E-state index contributed by atoms with van der Waals surface area (Å²) in [7, 11) is 0. The van der Waals surface area contributed by atoms with Gasteiger partial charge in [-0.25, -0.2) is 0 Å². The molecule has 2 aromatic carbocycles. The summed E-state index contributed by atoms with van der Waals surface area (Å²) in [6.07, 6.45) is 1.50. The minimum Gasteiger partial charge on any atom is -0.379 e. The highest BCUT2D eigenvalue weighted by molar-refractivity contribution is 5.97. The number of rotatable bonds is 5. The SMILES string of the molecule is CC(=O)N1CCN(C(=O)/C(C#N)=C\NC(c2ccccc2)c2ccccc2)CC1. The molecular weight excluding hydrogens is 364 g/mol. The topological polar surface area (TPSA) is 76.4 Å². The zero-order valence-electron chi connectivity index (χ0n) is 16.4. The highest BCUT2D eigenvalue weighted by Gasteiger charge is 2.25. The molecule has 1 aliphatic heterocycles. The van der Waals surface area contributed by atoms with Gasteiger partial charge >= 0.3 is 0 Å². The Morgan fingerprint density at radius 3 is 1.86 bits per heavy atom. The molecule has 3 rings (SSSR count). The number of hydrogen-bond donors (Lipinski definition) is 1. The number of nitrogens with one attached hydrogen (secondary N) is 1. The Labute approximate surface area is 171 Å². The summed E-state index contributed by atoms with van der Waals surface area (Å²) < 4.78 is 0. The fourth-order valence-electron chi connectivity index (χ4n) is 3.38. The van der Waals surface area contributed by atoms with Crippen molar-refractivity contribution in [2.45, 2.75) is 13.0 Å². The van der Waals surface area contributed by atoms with Crippen molar-refractivity contribution >= 4 is 11.8 Å². The molecule has 0 aliphatic carbocycles. The van der Waals surface area contributed by atoms with Crippen LogP contribution >= 0.6 is 0 Å². The van der Waals surface area contributed by atoms with E-state index in [1.165, 1.54) is 13.1 Å². The molecule has 0 atom stereocenters. The molecule has 1 fully saturated rings. The summed E-state index contributed by atoms with van der Waals surface area (Å²) in [6, 6.07) is 21.6. The Bertz CT molecular complexity index is 871. The molecule has 6 nitrogen and oxygen atoms in total. The van der Waals surface area contributed by atoms with E-state index in [0.29, 0.717) is 26.2 Å². The molecule has 2 aromatic rings. The normalized spacial score (nSPS) is 14.4. The van der Waals surface area contributed by atoms with Crippen LogP contribution in [-0.2, 0) is 9.59 Å². The van der Waals surface area contributed by atoms with Crippen LogP contribution in [0.3, 0.4) is 0 Å². The first-order valence-electron chi connectivity index (χ1n) is 9.61. The summed E-state index contributed by atoms with van der Waals surface area (Å²) in [5, 5.41) is 12.8. The van der Waals surface area contributed by atoms with Gasteiger partial charge in [-0.05, 0) is 11.1 Å². The molecule has 29 heavy (non-hydrogen) atoms. The number of nitriles is 1. The van der Waals surface area contributed by atoms with Crippen molar-refractivity contribution in [3.8, 4) is 6.07 Å². The van der Waals surface area contributed by atoms with E-state index in [4.69, 9.17) is 0 Å². The van der Waals surface area contributed by atoms with Crippen LogP contribution < -0.4 is 5.32 Å². The molecule has 0 saturated carbocycles. The number of benzene rings is 2. The van der Waals surface area contributed by atoms with Crippen molar-refractivity contribution in [3.63, 3.8) is 0 Å². The third-order valence-electron chi connectivity index (χ3n) is 5.02. The fourth-order valence-corrected chi connectivity index (χ4v) is 3.38. The number of hydrogen-bond acceptors (Lipinski definition) is 4. The average molecular weight is 388 g/mol. The molecule has 0 radical (unpaired) electrons. The second-order valence-corrected chi connectivity index (χ2v) is 6.89. The van der Waals surface area contributed by atoms with Crippen molar-refractivity contribution < 1.29 is 9.59 Å². The summed E-state index contributed by atoms with van der Waals surface area (Å²) >= 11 is 0. The number of piperazine rings is 1. The lowest BCUT2D eigenvalue weighted by atomic mass is 9.99. The zero-order valence-corrected chi connectivity index (χ0v) is 16.4. The molecule has 0 aromatic heterocycles. The zero-order chi connectivity index (χ0) is 20.6. The third-order valence-corrected chi connectivity index (χ3v) is 5.02. The van der Waals surface area contributed by atoms with Crippen LogP contribution in [-0.4, -0.2) is 47.8 Å². The summed E-state index contributed by atoms with van der Waals surface area (Å²) in [4.78, 5) is 27.6. The molecule has 148 valence electrons. The first-order chi connectivity index (χ1) is 14.1.